The Labute approximate surface area is 70.9 Å². The zero-order chi connectivity index (χ0) is 9.08. The van der Waals surface area contributed by atoms with Crippen LogP contribution in [0.2, 0.25) is 0 Å². The van der Waals surface area contributed by atoms with Gasteiger partial charge < -0.3 is 0 Å². The van der Waals surface area contributed by atoms with E-state index in [-0.39, 0.29) is 0 Å². The topological polar surface area (TPSA) is 17.1 Å². The number of alkyl halides is 1. The maximum atomic E-state index is 13.7. The van der Waals surface area contributed by atoms with Gasteiger partial charge in [-0.3, -0.25) is 4.79 Å². The molecular weight excluding hydrogens is 167 g/mol. The first kappa shape index (κ1) is 8.98. The lowest BCUT2D eigenvalue weighted by Gasteiger charge is -2.02. The Morgan fingerprint density at radius 2 is 1.45 bits per heavy atom. The number of rotatable bonds is 1. The van der Waals surface area contributed by atoms with Crippen LogP contribution in [0.5, 0.6) is 0 Å². The van der Waals surface area contributed by atoms with E-state index in [1.165, 1.54) is 0 Å². The van der Waals surface area contributed by atoms with Gasteiger partial charge in [0.15, 0.2) is 5.67 Å². The maximum Gasteiger partial charge on any atom is 0.260 e. The minimum Gasteiger partial charge on any atom is -0.278 e. The van der Waals surface area contributed by atoms with E-state index in [2.05, 4.69) is 0 Å². The first-order valence-corrected chi connectivity index (χ1v) is 3.96. The molecule has 0 bridgehead atoms. The predicted octanol–water partition coefficient (Wildman–Crippen LogP) is 2.53. The quantitative estimate of drug-likeness (QED) is 0.564. The minimum atomic E-state index is -1.83. The number of hydrogen-bond acceptors (Lipinski definition) is 1. The fourth-order valence-electron chi connectivity index (χ4n) is 1.74. The highest BCUT2D eigenvalue weighted by Crippen LogP contribution is 2.74. The van der Waals surface area contributed by atoms with Crippen LogP contribution in [-0.4, -0.2) is 10.9 Å². The molecule has 1 rings (SSSR count). The molecule has 0 atom stereocenters. The second-order valence-corrected chi connectivity index (χ2v) is 4.53. The molecule has 0 amide bonds. The zero-order valence-electron chi connectivity index (χ0n) is 7.16. The van der Waals surface area contributed by atoms with Crippen molar-refractivity contribution < 1.29 is 9.18 Å². The molecular formula is C8H12ClFO. The van der Waals surface area contributed by atoms with Gasteiger partial charge in [0.1, 0.15) is 0 Å². The highest BCUT2D eigenvalue weighted by molar-refractivity contribution is 6.66. The van der Waals surface area contributed by atoms with E-state index >= 15 is 0 Å². The SMILES string of the molecule is CC1(C)C(C)(C)C1(F)C(=O)Cl. The van der Waals surface area contributed by atoms with Crippen molar-refractivity contribution in [3.8, 4) is 0 Å². The van der Waals surface area contributed by atoms with E-state index in [1.54, 1.807) is 27.7 Å². The highest BCUT2D eigenvalue weighted by Gasteiger charge is 2.82. The van der Waals surface area contributed by atoms with Crippen molar-refractivity contribution in [2.75, 3.05) is 0 Å². The van der Waals surface area contributed by atoms with Crippen LogP contribution >= 0.6 is 11.6 Å². The number of halogens is 2. The fourth-order valence-corrected chi connectivity index (χ4v) is 2.21. The van der Waals surface area contributed by atoms with Crippen molar-refractivity contribution in [3.63, 3.8) is 0 Å². The molecule has 0 aliphatic heterocycles. The van der Waals surface area contributed by atoms with E-state index in [9.17, 15) is 9.18 Å². The normalized spacial score (nSPS) is 29.6. The molecule has 0 heterocycles. The van der Waals surface area contributed by atoms with Crippen LogP contribution in [0.1, 0.15) is 27.7 Å². The Bertz CT molecular complexity index is 206. The molecule has 1 aliphatic rings. The molecule has 11 heavy (non-hydrogen) atoms. The van der Waals surface area contributed by atoms with Gasteiger partial charge in [0.25, 0.3) is 5.24 Å². The van der Waals surface area contributed by atoms with Crippen molar-refractivity contribution in [2.24, 2.45) is 10.8 Å². The first-order chi connectivity index (χ1) is 4.69. The van der Waals surface area contributed by atoms with E-state index in [4.69, 9.17) is 11.6 Å². The third-order valence-electron chi connectivity index (χ3n) is 3.49. The Morgan fingerprint density at radius 3 is 1.45 bits per heavy atom. The third kappa shape index (κ3) is 0.645. The van der Waals surface area contributed by atoms with Gasteiger partial charge in [-0.2, -0.15) is 0 Å². The van der Waals surface area contributed by atoms with Crippen LogP contribution in [0.4, 0.5) is 4.39 Å². The molecule has 1 nitrogen and oxygen atoms in total. The van der Waals surface area contributed by atoms with Crippen molar-refractivity contribution in [3.05, 3.63) is 0 Å². The van der Waals surface area contributed by atoms with Crippen LogP contribution in [0.25, 0.3) is 0 Å². The molecule has 1 fully saturated rings. The lowest BCUT2D eigenvalue weighted by Crippen LogP contribution is -2.19. The third-order valence-corrected chi connectivity index (χ3v) is 3.75. The number of carbonyl (C=O) groups is 1. The monoisotopic (exact) mass is 178 g/mol. The summed E-state index contributed by atoms with van der Waals surface area (Å²) in [5.41, 5.74) is -3.08. The lowest BCUT2D eigenvalue weighted by atomic mass is 10.0. The summed E-state index contributed by atoms with van der Waals surface area (Å²) < 4.78 is 13.7. The van der Waals surface area contributed by atoms with Crippen LogP contribution in [0.3, 0.4) is 0 Å². The highest BCUT2D eigenvalue weighted by atomic mass is 35.5. The van der Waals surface area contributed by atoms with Crippen LogP contribution in [0, 0.1) is 10.8 Å². The molecule has 1 aliphatic carbocycles. The van der Waals surface area contributed by atoms with Crippen molar-refractivity contribution >= 4 is 16.8 Å². The van der Waals surface area contributed by atoms with Crippen LogP contribution < -0.4 is 0 Å². The molecule has 0 aromatic carbocycles. The summed E-state index contributed by atoms with van der Waals surface area (Å²) in [7, 11) is 0. The molecule has 0 saturated heterocycles. The molecule has 0 radical (unpaired) electrons. The summed E-state index contributed by atoms with van der Waals surface area (Å²) in [6, 6.07) is 0. The molecule has 0 N–H and O–H groups in total. The number of carbonyl (C=O) groups excluding carboxylic acids is 1. The lowest BCUT2D eigenvalue weighted by molar-refractivity contribution is -0.119. The Hall–Kier alpha value is -0.110. The molecule has 64 valence electrons. The van der Waals surface area contributed by atoms with E-state index in [1.807, 2.05) is 0 Å². The van der Waals surface area contributed by atoms with Gasteiger partial charge in [-0.15, -0.1) is 0 Å². The summed E-state index contributed by atoms with van der Waals surface area (Å²) in [5, 5.41) is -0.868. The van der Waals surface area contributed by atoms with Crippen molar-refractivity contribution in [1.82, 2.24) is 0 Å². The molecule has 0 aromatic rings. The standard InChI is InChI=1S/C8H12ClFO/c1-6(2)7(3,4)8(6,10)5(9)11/h1-4H3. The Balaban J connectivity index is 3.06. The smallest absolute Gasteiger partial charge is 0.260 e. The molecule has 0 unspecified atom stereocenters. The number of hydrogen-bond donors (Lipinski definition) is 0. The minimum absolute atomic E-state index is 0.626. The maximum absolute atomic E-state index is 13.7. The largest absolute Gasteiger partial charge is 0.278 e. The molecule has 1 saturated carbocycles. The first-order valence-electron chi connectivity index (χ1n) is 3.58. The fraction of sp³-hybridized carbons (Fsp3) is 0.875. The van der Waals surface area contributed by atoms with E-state index in [0.29, 0.717) is 0 Å². The van der Waals surface area contributed by atoms with Crippen LogP contribution in [-0.2, 0) is 4.79 Å². The second kappa shape index (κ2) is 1.79. The van der Waals surface area contributed by atoms with Crippen molar-refractivity contribution in [2.45, 2.75) is 33.4 Å². The van der Waals surface area contributed by atoms with Crippen LogP contribution in [0.15, 0.2) is 0 Å². The Morgan fingerprint density at radius 1 is 1.18 bits per heavy atom. The van der Waals surface area contributed by atoms with Crippen molar-refractivity contribution in [1.29, 1.82) is 0 Å². The summed E-state index contributed by atoms with van der Waals surface area (Å²) >= 11 is 5.17. The summed E-state index contributed by atoms with van der Waals surface area (Å²) in [6.07, 6.45) is 0. The van der Waals surface area contributed by atoms with Gasteiger partial charge in [0.2, 0.25) is 0 Å². The van der Waals surface area contributed by atoms with Gasteiger partial charge in [-0.05, 0) is 11.6 Å². The zero-order valence-corrected chi connectivity index (χ0v) is 7.92. The summed E-state index contributed by atoms with van der Waals surface area (Å²) in [5.74, 6) is 0. The average Bonchev–Trinajstić information content (AvgIpc) is 2.11. The van der Waals surface area contributed by atoms with Gasteiger partial charge >= 0.3 is 0 Å². The van der Waals surface area contributed by atoms with Gasteiger partial charge in [-0.1, -0.05) is 27.7 Å². The predicted molar refractivity (Wildman–Crippen MR) is 42.3 cm³/mol. The van der Waals surface area contributed by atoms with Gasteiger partial charge in [0, 0.05) is 10.8 Å². The second-order valence-electron chi connectivity index (χ2n) is 4.18. The molecule has 0 aromatic heterocycles. The summed E-state index contributed by atoms with van der Waals surface area (Å²) in [4.78, 5) is 10.7. The van der Waals surface area contributed by atoms with Gasteiger partial charge in [-0.25, -0.2) is 4.39 Å². The average molecular weight is 179 g/mol. The molecule has 0 spiro atoms. The molecule has 3 heteroatoms. The van der Waals surface area contributed by atoms with E-state index < -0.39 is 21.7 Å². The van der Waals surface area contributed by atoms with Gasteiger partial charge in [0.05, 0.1) is 0 Å². The van der Waals surface area contributed by atoms with E-state index in [0.717, 1.165) is 0 Å². The summed E-state index contributed by atoms with van der Waals surface area (Å²) in [6.45, 7) is 6.86. The Kier molecular flexibility index (Phi) is 1.46.